The molecule has 5 nitrogen and oxygen atoms in total. The summed E-state index contributed by atoms with van der Waals surface area (Å²) in [5, 5.41) is 6.20. The summed E-state index contributed by atoms with van der Waals surface area (Å²) in [4.78, 5) is 24.0. The second-order valence-corrected chi connectivity index (χ2v) is 10.5. The van der Waals surface area contributed by atoms with Crippen molar-refractivity contribution in [3.8, 4) is 33.6 Å². The van der Waals surface area contributed by atoms with E-state index in [2.05, 4.69) is 10.3 Å². The van der Waals surface area contributed by atoms with Gasteiger partial charge in [0.15, 0.2) is 5.13 Å². The van der Waals surface area contributed by atoms with Crippen LogP contribution in [0.2, 0.25) is 0 Å². The monoisotopic (exact) mass is 518 g/mol. The molecule has 0 aliphatic rings. The molecule has 3 aromatic heterocycles. The number of nitrogens with zero attached hydrogens (tertiary/aromatic N) is 2. The Hall–Kier alpha value is -4.33. The third-order valence-electron chi connectivity index (χ3n) is 6.13. The van der Waals surface area contributed by atoms with Crippen molar-refractivity contribution in [2.75, 3.05) is 11.1 Å². The number of nitrogen functional groups attached to an aromatic ring is 1. The predicted molar refractivity (Wildman–Crippen MR) is 155 cm³/mol. The van der Waals surface area contributed by atoms with Gasteiger partial charge in [-0.1, -0.05) is 90.5 Å². The second-order valence-electron chi connectivity index (χ2n) is 8.67. The Morgan fingerprint density at radius 1 is 0.811 bits per heavy atom. The molecule has 0 aliphatic carbocycles. The Morgan fingerprint density at radius 3 is 2.16 bits per heavy atom. The Morgan fingerprint density at radius 2 is 1.46 bits per heavy atom. The van der Waals surface area contributed by atoms with Crippen LogP contribution in [-0.2, 0) is 0 Å². The minimum atomic E-state index is -0.287. The van der Waals surface area contributed by atoms with Crippen LogP contribution in [0, 0.1) is 6.92 Å². The van der Waals surface area contributed by atoms with Crippen molar-refractivity contribution in [3.63, 3.8) is 0 Å². The van der Waals surface area contributed by atoms with Crippen molar-refractivity contribution in [1.82, 2.24) is 9.97 Å². The number of aryl methyl sites for hydroxylation is 1. The number of amides is 1. The van der Waals surface area contributed by atoms with Gasteiger partial charge in [0.25, 0.3) is 5.91 Å². The number of hydrogen-bond donors (Lipinski definition) is 2. The number of anilines is 2. The molecule has 0 saturated heterocycles. The minimum Gasteiger partial charge on any atom is -0.397 e. The predicted octanol–water partition coefficient (Wildman–Crippen LogP) is 7.90. The Bertz CT molecular complexity index is 1720. The van der Waals surface area contributed by atoms with Gasteiger partial charge in [0.2, 0.25) is 0 Å². The van der Waals surface area contributed by atoms with Crippen LogP contribution in [0.4, 0.5) is 10.8 Å². The molecular formula is C30H22N4OS2. The lowest BCUT2D eigenvalue weighted by atomic mass is 9.99. The molecule has 0 fully saturated rings. The van der Waals surface area contributed by atoms with Gasteiger partial charge in [-0.3, -0.25) is 10.1 Å². The summed E-state index contributed by atoms with van der Waals surface area (Å²) in [5.74, 6) is -0.287. The van der Waals surface area contributed by atoms with E-state index >= 15 is 0 Å². The molecule has 3 heterocycles. The van der Waals surface area contributed by atoms with Crippen molar-refractivity contribution in [2.24, 2.45) is 0 Å². The maximum atomic E-state index is 13.4. The van der Waals surface area contributed by atoms with Crippen molar-refractivity contribution < 1.29 is 4.79 Å². The topological polar surface area (TPSA) is 80.9 Å². The summed E-state index contributed by atoms with van der Waals surface area (Å²) >= 11 is 2.69. The highest BCUT2D eigenvalue weighted by Crippen LogP contribution is 2.41. The standard InChI is InChI=1S/C30H22N4OS2/c1-18-12-14-21(15-13-18)24-17-36-30(33-24)34-28(35)27-26(31)25-22(19-8-4-2-5-9-19)16-23(32-29(25)37-27)20-10-6-3-7-11-20/h2-17H,31H2,1H3,(H,33,34,35). The first-order chi connectivity index (χ1) is 18.1. The van der Waals surface area contributed by atoms with E-state index < -0.39 is 0 Å². The lowest BCUT2D eigenvalue weighted by Crippen LogP contribution is -2.11. The molecule has 7 heteroatoms. The Kier molecular flexibility index (Phi) is 6.00. The van der Waals surface area contributed by atoms with Gasteiger partial charge in [-0.25, -0.2) is 9.97 Å². The maximum absolute atomic E-state index is 13.4. The number of benzene rings is 3. The van der Waals surface area contributed by atoms with E-state index in [9.17, 15) is 4.79 Å². The molecule has 3 aromatic carbocycles. The van der Waals surface area contributed by atoms with E-state index in [1.54, 1.807) is 0 Å². The number of thiazole rings is 1. The first-order valence-corrected chi connectivity index (χ1v) is 13.4. The van der Waals surface area contributed by atoms with E-state index in [0.717, 1.165) is 43.9 Å². The lowest BCUT2D eigenvalue weighted by Gasteiger charge is -2.09. The van der Waals surface area contributed by atoms with Crippen molar-refractivity contribution >= 4 is 49.6 Å². The molecule has 180 valence electrons. The summed E-state index contributed by atoms with van der Waals surface area (Å²) < 4.78 is 0. The van der Waals surface area contributed by atoms with E-state index in [4.69, 9.17) is 10.7 Å². The van der Waals surface area contributed by atoms with Crippen LogP contribution in [0.1, 0.15) is 15.2 Å². The summed E-state index contributed by atoms with van der Waals surface area (Å²) in [5.41, 5.74) is 13.9. The lowest BCUT2D eigenvalue weighted by molar-refractivity contribution is 0.103. The first-order valence-electron chi connectivity index (χ1n) is 11.7. The number of carbonyl (C=O) groups is 1. The van der Waals surface area contributed by atoms with Gasteiger partial charge in [-0.2, -0.15) is 0 Å². The van der Waals surface area contributed by atoms with Crippen molar-refractivity contribution in [1.29, 1.82) is 0 Å². The van der Waals surface area contributed by atoms with E-state index in [1.807, 2.05) is 103 Å². The molecule has 1 amide bonds. The third-order valence-corrected chi connectivity index (χ3v) is 7.99. The molecule has 0 aliphatic heterocycles. The van der Waals surface area contributed by atoms with E-state index in [0.29, 0.717) is 15.7 Å². The number of pyridine rings is 1. The molecule has 0 spiro atoms. The summed E-state index contributed by atoms with van der Waals surface area (Å²) in [6.07, 6.45) is 0. The SMILES string of the molecule is Cc1ccc(-c2csc(NC(=O)c3sc4nc(-c5ccccc5)cc(-c5ccccc5)c4c3N)n2)cc1. The van der Waals surface area contributed by atoms with Gasteiger partial charge in [0.1, 0.15) is 9.71 Å². The highest BCUT2D eigenvalue weighted by atomic mass is 32.1. The quantitative estimate of drug-likeness (QED) is 0.243. The van der Waals surface area contributed by atoms with Gasteiger partial charge in [0, 0.05) is 21.9 Å². The van der Waals surface area contributed by atoms with Gasteiger partial charge in [-0.05, 0) is 24.1 Å². The normalized spacial score (nSPS) is 11.1. The highest BCUT2D eigenvalue weighted by Gasteiger charge is 2.22. The average molecular weight is 519 g/mol. The van der Waals surface area contributed by atoms with Crippen molar-refractivity contribution in [2.45, 2.75) is 6.92 Å². The van der Waals surface area contributed by atoms with Crippen LogP contribution in [0.15, 0.2) is 96.4 Å². The minimum absolute atomic E-state index is 0.287. The number of fused-ring (bicyclic) bond motifs is 1. The molecule has 37 heavy (non-hydrogen) atoms. The summed E-state index contributed by atoms with van der Waals surface area (Å²) in [7, 11) is 0. The molecule has 6 rings (SSSR count). The second kappa shape index (κ2) is 9.61. The molecule has 0 radical (unpaired) electrons. The first kappa shape index (κ1) is 23.1. The van der Waals surface area contributed by atoms with Gasteiger partial charge in [-0.15, -0.1) is 22.7 Å². The van der Waals surface area contributed by atoms with Gasteiger partial charge >= 0.3 is 0 Å². The van der Waals surface area contributed by atoms with Crippen LogP contribution >= 0.6 is 22.7 Å². The third kappa shape index (κ3) is 4.50. The summed E-state index contributed by atoms with van der Waals surface area (Å²) in [6, 6.07) is 30.3. The maximum Gasteiger partial charge on any atom is 0.269 e. The molecule has 0 bridgehead atoms. The molecule has 0 atom stereocenters. The smallest absolute Gasteiger partial charge is 0.269 e. The van der Waals surface area contributed by atoms with Crippen LogP contribution in [0.3, 0.4) is 0 Å². The van der Waals surface area contributed by atoms with Crippen molar-refractivity contribution in [3.05, 3.63) is 107 Å². The number of carbonyl (C=O) groups excluding carboxylic acids is 1. The van der Waals surface area contributed by atoms with Crippen LogP contribution in [-0.4, -0.2) is 15.9 Å². The van der Waals surface area contributed by atoms with Crippen LogP contribution in [0.5, 0.6) is 0 Å². The van der Waals surface area contributed by atoms with E-state index in [1.165, 1.54) is 28.2 Å². The van der Waals surface area contributed by atoms with E-state index in [-0.39, 0.29) is 5.91 Å². The van der Waals surface area contributed by atoms with Crippen LogP contribution in [0.25, 0.3) is 43.9 Å². The fraction of sp³-hybridized carbons (Fsp3) is 0.0333. The van der Waals surface area contributed by atoms with Gasteiger partial charge < -0.3 is 5.73 Å². The number of hydrogen-bond acceptors (Lipinski definition) is 6. The van der Waals surface area contributed by atoms with Crippen LogP contribution < -0.4 is 11.1 Å². The zero-order valence-corrected chi connectivity index (χ0v) is 21.6. The fourth-order valence-electron chi connectivity index (χ4n) is 4.23. The average Bonchev–Trinajstić information content (AvgIpc) is 3.54. The number of nitrogens with two attached hydrogens (primary N) is 1. The molecule has 6 aromatic rings. The number of aromatic nitrogens is 2. The zero-order valence-electron chi connectivity index (χ0n) is 19.9. The largest absolute Gasteiger partial charge is 0.397 e. The molecule has 0 saturated carbocycles. The fourth-order valence-corrected chi connectivity index (χ4v) is 5.96. The number of rotatable bonds is 5. The number of nitrogens with one attached hydrogen (secondary N) is 1. The molecular weight excluding hydrogens is 496 g/mol. The van der Waals surface area contributed by atoms with Gasteiger partial charge in [0.05, 0.1) is 17.1 Å². The summed E-state index contributed by atoms with van der Waals surface area (Å²) in [6.45, 7) is 2.05. The highest BCUT2D eigenvalue weighted by molar-refractivity contribution is 7.21. The number of thiophene rings is 1. The zero-order chi connectivity index (χ0) is 25.4. The Labute approximate surface area is 222 Å². The molecule has 3 N–H and O–H groups in total. The Balaban J connectivity index is 1.39. The molecule has 0 unspecified atom stereocenters.